The van der Waals surface area contributed by atoms with Crippen molar-refractivity contribution in [2.75, 3.05) is 0 Å². The SMILES string of the molecule is Cc1ccc(C(N)Cc2ccc(C(C)C)cc2)o1. The van der Waals surface area contributed by atoms with E-state index in [9.17, 15) is 0 Å². The molecule has 0 saturated heterocycles. The fourth-order valence-corrected chi connectivity index (χ4v) is 2.05. The van der Waals surface area contributed by atoms with Crippen LogP contribution in [0.1, 0.15) is 48.5 Å². The summed E-state index contributed by atoms with van der Waals surface area (Å²) >= 11 is 0. The molecule has 0 aliphatic heterocycles. The van der Waals surface area contributed by atoms with Gasteiger partial charge in [-0.3, -0.25) is 0 Å². The van der Waals surface area contributed by atoms with E-state index in [4.69, 9.17) is 10.2 Å². The maximum Gasteiger partial charge on any atom is 0.121 e. The van der Waals surface area contributed by atoms with Crippen LogP contribution in [0.2, 0.25) is 0 Å². The van der Waals surface area contributed by atoms with E-state index in [1.54, 1.807) is 0 Å². The molecule has 1 aromatic heterocycles. The highest BCUT2D eigenvalue weighted by molar-refractivity contribution is 5.26. The molecule has 96 valence electrons. The molecule has 0 saturated carbocycles. The molecule has 0 bridgehead atoms. The van der Waals surface area contributed by atoms with Crippen LogP contribution in [0.4, 0.5) is 0 Å². The first-order valence-electron chi connectivity index (χ1n) is 6.47. The first kappa shape index (κ1) is 12.9. The Bertz CT molecular complexity index is 496. The van der Waals surface area contributed by atoms with Crippen molar-refractivity contribution in [3.05, 3.63) is 59.0 Å². The molecule has 2 heteroatoms. The van der Waals surface area contributed by atoms with E-state index >= 15 is 0 Å². The maximum atomic E-state index is 6.14. The molecule has 0 spiro atoms. The molecule has 1 heterocycles. The summed E-state index contributed by atoms with van der Waals surface area (Å²) in [4.78, 5) is 0. The quantitative estimate of drug-likeness (QED) is 0.883. The first-order valence-corrected chi connectivity index (χ1v) is 6.47. The average Bonchev–Trinajstić information content (AvgIpc) is 2.76. The van der Waals surface area contributed by atoms with Crippen LogP contribution in [0.15, 0.2) is 40.8 Å². The van der Waals surface area contributed by atoms with Gasteiger partial charge in [-0.25, -0.2) is 0 Å². The van der Waals surface area contributed by atoms with E-state index < -0.39 is 0 Å². The van der Waals surface area contributed by atoms with Gasteiger partial charge in [-0.1, -0.05) is 38.1 Å². The molecule has 2 aromatic rings. The summed E-state index contributed by atoms with van der Waals surface area (Å²) < 4.78 is 5.55. The zero-order chi connectivity index (χ0) is 13.1. The topological polar surface area (TPSA) is 39.2 Å². The second-order valence-electron chi connectivity index (χ2n) is 5.16. The predicted molar refractivity (Wildman–Crippen MR) is 74.6 cm³/mol. The van der Waals surface area contributed by atoms with Crippen molar-refractivity contribution in [1.82, 2.24) is 0 Å². The third kappa shape index (κ3) is 3.02. The lowest BCUT2D eigenvalue weighted by molar-refractivity contribution is 0.445. The standard InChI is InChI=1S/C16H21NO/c1-11(2)14-7-5-13(6-8-14)10-15(17)16-9-4-12(3)18-16/h4-9,11,15H,10,17H2,1-3H3. The van der Waals surface area contributed by atoms with Gasteiger partial charge in [0.05, 0.1) is 6.04 Å². The summed E-state index contributed by atoms with van der Waals surface area (Å²) in [5.74, 6) is 2.34. The predicted octanol–water partition coefficient (Wildman–Crippen LogP) is 3.95. The van der Waals surface area contributed by atoms with Crippen LogP contribution in [0.3, 0.4) is 0 Å². The minimum absolute atomic E-state index is 0.0661. The fraction of sp³-hybridized carbons (Fsp3) is 0.375. The van der Waals surface area contributed by atoms with Crippen LogP contribution in [0, 0.1) is 6.92 Å². The number of rotatable bonds is 4. The number of nitrogens with two attached hydrogens (primary N) is 1. The minimum atomic E-state index is -0.0661. The number of hydrogen-bond acceptors (Lipinski definition) is 2. The molecule has 18 heavy (non-hydrogen) atoms. The Labute approximate surface area is 109 Å². The van der Waals surface area contributed by atoms with Crippen molar-refractivity contribution in [1.29, 1.82) is 0 Å². The van der Waals surface area contributed by atoms with E-state index in [0.717, 1.165) is 17.9 Å². The van der Waals surface area contributed by atoms with Gasteiger partial charge in [-0.05, 0) is 42.5 Å². The lowest BCUT2D eigenvalue weighted by atomic mass is 9.99. The summed E-state index contributed by atoms with van der Waals surface area (Å²) in [5, 5.41) is 0. The highest BCUT2D eigenvalue weighted by atomic mass is 16.3. The number of aryl methyl sites for hydroxylation is 1. The van der Waals surface area contributed by atoms with E-state index in [0.29, 0.717) is 5.92 Å². The van der Waals surface area contributed by atoms with Gasteiger partial charge in [0.2, 0.25) is 0 Å². The summed E-state index contributed by atoms with van der Waals surface area (Å²) in [7, 11) is 0. The Kier molecular flexibility index (Phi) is 3.87. The van der Waals surface area contributed by atoms with Crippen LogP contribution in [-0.4, -0.2) is 0 Å². The third-order valence-electron chi connectivity index (χ3n) is 3.23. The van der Waals surface area contributed by atoms with Gasteiger partial charge in [0.25, 0.3) is 0 Å². The smallest absolute Gasteiger partial charge is 0.121 e. The average molecular weight is 243 g/mol. The minimum Gasteiger partial charge on any atom is -0.465 e. The molecule has 0 aliphatic rings. The molecule has 2 nitrogen and oxygen atoms in total. The van der Waals surface area contributed by atoms with E-state index in [1.807, 2.05) is 19.1 Å². The van der Waals surface area contributed by atoms with Crippen LogP contribution in [0.5, 0.6) is 0 Å². The monoisotopic (exact) mass is 243 g/mol. The Morgan fingerprint density at radius 1 is 1.06 bits per heavy atom. The first-order chi connectivity index (χ1) is 8.56. The van der Waals surface area contributed by atoms with Crippen LogP contribution in [-0.2, 0) is 6.42 Å². The molecule has 0 radical (unpaired) electrons. The molecule has 0 amide bonds. The zero-order valence-electron chi connectivity index (χ0n) is 11.3. The molecule has 1 unspecified atom stereocenters. The summed E-state index contributed by atoms with van der Waals surface area (Å²) in [6.07, 6.45) is 0.811. The van der Waals surface area contributed by atoms with Gasteiger partial charge in [0.15, 0.2) is 0 Å². The van der Waals surface area contributed by atoms with Crippen LogP contribution in [0.25, 0.3) is 0 Å². The molecular formula is C16H21NO. The Morgan fingerprint density at radius 3 is 2.22 bits per heavy atom. The number of hydrogen-bond donors (Lipinski definition) is 1. The van der Waals surface area contributed by atoms with E-state index in [1.165, 1.54) is 11.1 Å². The summed E-state index contributed by atoms with van der Waals surface area (Å²) in [5.41, 5.74) is 8.76. The van der Waals surface area contributed by atoms with E-state index in [2.05, 4.69) is 38.1 Å². The molecule has 2 rings (SSSR count). The maximum absolute atomic E-state index is 6.14. The third-order valence-corrected chi connectivity index (χ3v) is 3.23. The highest BCUT2D eigenvalue weighted by Crippen LogP contribution is 2.20. The van der Waals surface area contributed by atoms with Crippen molar-refractivity contribution in [2.24, 2.45) is 5.73 Å². The van der Waals surface area contributed by atoms with Gasteiger partial charge in [0, 0.05) is 0 Å². The highest BCUT2D eigenvalue weighted by Gasteiger charge is 2.11. The fourth-order valence-electron chi connectivity index (χ4n) is 2.05. The van der Waals surface area contributed by atoms with Gasteiger partial charge < -0.3 is 10.2 Å². The van der Waals surface area contributed by atoms with Crippen molar-refractivity contribution >= 4 is 0 Å². The largest absolute Gasteiger partial charge is 0.465 e. The Morgan fingerprint density at radius 2 is 1.72 bits per heavy atom. The molecule has 2 N–H and O–H groups in total. The molecule has 1 atom stereocenters. The van der Waals surface area contributed by atoms with Crippen molar-refractivity contribution in [3.63, 3.8) is 0 Å². The lowest BCUT2D eigenvalue weighted by Crippen LogP contribution is -2.12. The normalized spacial score (nSPS) is 12.9. The summed E-state index contributed by atoms with van der Waals surface area (Å²) in [6.45, 7) is 6.34. The number of furan rings is 1. The van der Waals surface area contributed by atoms with Crippen LogP contribution < -0.4 is 5.73 Å². The second-order valence-corrected chi connectivity index (χ2v) is 5.16. The van der Waals surface area contributed by atoms with Crippen molar-refractivity contribution in [2.45, 2.75) is 39.2 Å². The van der Waals surface area contributed by atoms with Gasteiger partial charge >= 0.3 is 0 Å². The molecular weight excluding hydrogens is 222 g/mol. The Hall–Kier alpha value is -1.54. The van der Waals surface area contributed by atoms with Gasteiger partial charge in [-0.2, -0.15) is 0 Å². The zero-order valence-corrected chi connectivity index (χ0v) is 11.3. The van der Waals surface area contributed by atoms with Gasteiger partial charge in [-0.15, -0.1) is 0 Å². The second kappa shape index (κ2) is 5.40. The molecule has 0 fully saturated rings. The van der Waals surface area contributed by atoms with Crippen molar-refractivity contribution < 1.29 is 4.42 Å². The Balaban J connectivity index is 2.05. The number of benzene rings is 1. The van der Waals surface area contributed by atoms with Crippen molar-refractivity contribution in [3.8, 4) is 0 Å². The lowest BCUT2D eigenvalue weighted by Gasteiger charge is -2.10. The molecule has 0 aliphatic carbocycles. The molecule has 1 aromatic carbocycles. The summed E-state index contributed by atoms with van der Waals surface area (Å²) in [6, 6.07) is 12.5. The van der Waals surface area contributed by atoms with Gasteiger partial charge in [0.1, 0.15) is 11.5 Å². The van der Waals surface area contributed by atoms with E-state index in [-0.39, 0.29) is 6.04 Å². The van der Waals surface area contributed by atoms with Crippen LogP contribution >= 0.6 is 0 Å².